The van der Waals surface area contributed by atoms with Crippen LogP contribution in [0.25, 0.3) is 0 Å². The molecule has 0 bridgehead atoms. The predicted molar refractivity (Wildman–Crippen MR) is 37.9 cm³/mol. The van der Waals surface area contributed by atoms with Gasteiger partial charge in [-0.2, -0.15) is 11.8 Å². The summed E-state index contributed by atoms with van der Waals surface area (Å²) >= 11 is 1.55. The van der Waals surface area contributed by atoms with Gasteiger partial charge >= 0.3 is 5.97 Å². The normalized spacial score (nSPS) is 7.62. The summed E-state index contributed by atoms with van der Waals surface area (Å²) in [5.41, 5.74) is 0. The van der Waals surface area contributed by atoms with Crippen molar-refractivity contribution in [3.05, 3.63) is 0 Å². The summed E-state index contributed by atoms with van der Waals surface area (Å²) < 4.78 is 0. The Balaban J connectivity index is 0. The van der Waals surface area contributed by atoms with E-state index in [2.05, 4.69) is 0 Å². The van der Waals surface area contributed by atoms with E-state index in [1.54, 1.807) is 11.8 Å². The molecule has 4 heteroatoms. The first-order chi connectivity index (χ1) is 3.27. The van der Waals surface area contributed by atoms with E-state index >= 15 is 0 Å². The van der Waals surface area contributed by atoms with Crippen LogP contribution in [0.3, 0.4) is 0 Å². The van der Waals surface area contributed by atoms with Crippen LogP contribution in [0.2, 0.25) is 0 Å². The molecule has 0 aliphatic carbocycles. The Morgan fingerprint density at radius 3 is 2.38 bits per heavy atom. The minimum Gasteiger partial charge on any atom is -0.481 e. The van der Waals surface area contributed by atoms with Gasteiger partial charge < -0.3 is 5.11 Å². The number of hydrogen-bond donors (Lipinski definition) is 1. The third kappa shape index (κ3) is 9.44. The van der Waals surface area contributed by atoms with Crippen LogP contribution in [0.1, 0.15) is 6.42 Å². The average molecular weight is 157 g/mol. The first kappa shape index (κ1) is 11.0. The first-order valence-corrected chi connectivity index (χ1v) is 3.37. The molecule has 0 saturated carbocycles. The fraction of sp³-hybridized carbons (Fsp3) is 0.750. The van der Waals surface area contributed by atoms with Gasteiger partial charge in [-0.05, 0) is 6.26 Å². The molecule has 0 aliphatic rings. The Morgan fingerprint density at radius 2 is 2.25 bits per heavy atom. The third-order valence-corrected chi connectivity index (χ3v) is 1.13. The SMILES string of the molecule is CSCCC(=O)O.Cl. The molecule has 2 nitrogen and oxygen atoms in total. The summed E-state index contributed by atoms with van der Waals surface area (Å²) in [7, 11) is 0. The van der Waals surface area contributed by atoms with Crippen LogP contribution >= 0.6 is 24.2 Å². The standard InChI is InChI=1S/C4H8O2S.ClH/c1-7-3-2-4(5)6;/h2-3H2,1H3,(H,5,6);1H. The predicted octanol–water partition coefficient (Wildman–Crippen LogP) is 1.25. The van der Waals surface area contributed by atoms with Crippen LogP contribution in [0, 0.1) is 0 Å². The van der Waals surface area contributed by atoms with Crippen molar-refractivity contribution in [3.63, 3.8) is 0 Å². The molecule has 0 radical (unpaired) electrons. The van der Waals surface area contributed by atoms with Gasteiger partial charge in [0, 0.05) is 5.75 Å². The van der Waals surface area contributed by atoms with Gasteiger partial charge in [0.2, 0.25) is 0 Å². The van der Waals surface area contributed by atoms with Crippen LogP contribution in [0.5, 0.6) is 0 Å². The summed E-state index contributed by atoms with van der Waals surface area (Å²) in [5, 5.41) is 8.03. The van der Waals surface area contributed by atoms with E-state index in [9.17, 15) is 4.79 Å². The Bertz CT molecular complexity index is 67.1. The van der Waals surface area contributed by atoms with E-state index in [1.807, 2.05) is 6.26 Å². The largest absolute Gasteiger partial charge is 0.481 e. The maximum absolute atomic E-state index is 9.74. The Hall–Kier alpha value is 0.110. The molecule has 50 valence electrons. The van der Waals surface area contributed by atoms with Crippen LogP contribution < -0.4 is 0 Å². The molecule has 0 unspecified atom stereocenters. The molecular weight excluding hydrogens is 148 g/mol. The van der Waals surface area contributed by atoms with Gasteiger partial charge in [-0.1, -0.05) is 0 Å². The van der Waals surface area contributed by atoms with Crippen molar-refractivity contribution < 1.29 is 9.90 Å². The second-order valence-corrected chi connectivity index (χ2v) is 2.12. The monoisotopic (exact) mass is 156 g/mol. The van der Waals surface area contributed by atoms with Crippen LogP contribution in [-0.4, -0.2) is 23.1 Å². The van der Waals surface area contributed by atoms with Crippen molar-refractivity contribution in [1.82, 2.24) is 0 Å². The van der Waals surface area contributed by atoms with Crippen molar-refractivity contribution in [2.45, 2.75) is 6.42 Å². The molecule has 0 fully saturated rings. The number of carbonyl (C=O) groups is 1. The molecular formula is C4H9ClO2S. The van der Waals surface area contributed by atoms with Gasteiger partial charge in [0.1, 0.15) is 0 Å². The van der Waals surface area contributed by atoms with E-state index in [1.165, 1.54) is 0 Å². The van der Waals surface area contributed by atoms with Gasteiger partial charge in [-0.3, -0.25) is 4.79 Å². The van der Waals surface area contributed by atoms with Crippen molar-refractivity contribution in [1.29, 1.82) is 0 Å². The zero-order valence-electron chi connectivity index (χ0n) is 4.59. The van der Waals surface area contributed by atoms with E-state index in [4.69, 9.17) is 5.11 Å². The number of aliphatic carboxylic acids is 1. The lowest BCUT2D eigenvalue weighted by molar-refractivity contribution is -0.136. The maximum atomic E-state index is 9.74. The highest BCUT2D eigenvalue weighted by Crippen LogP contribution is 1.93. The molecule has 0 heterocycles. The Labute approximate surface area is 59.1 Å². The number of hydrogen-bond acceptors (Lipinski definition) is 2. The van der Waals surface area contributed by atoms with Gasteiger partial charge in [-0.25, -0.2) is 0 Å². The van der Waals surface area contributed by atoms with Crippen LogP contribution in [0.4, 0.5) is 0 Å². The summed E-state index contributed by atoms with van der Waals surface area (Å²) in [6.07, 6.45) is 2.17. The van der Waals surface area contributed by atoms with Crippen LogP contribution in [-0.2, 0) is 4.79 Å². The molecule has 0 rings (SSSR count). The van der Waals surface area contributed by atoms with Crippen molar-refractivity contribution in [2.24, 2.45) is 0 Å². The van der Waals surface area contributed by atoms with Gasteiger partial charge in [0.15, 0.2) is 0 Å². The molecule has 8 heavy (non-hydrogen) atoms. The zero-order valence-corrected chi connectivity index (χ0v) is 6.22. The molecule has 0 atom stereocenters. The number of carboxylic acid groups (broad SMARTS) is 1. The second kappa shape index (κ2) is 7.11. The highest BCUT2D eigenvalue weighted by atomic mass is 35.5. The number of rotatable bonds is 3. The van der Waals surface area contributed by atoms with Gasteiger partial charge in [0.05, 0.1) is 6.42 Å². The topological polar surface area (TPSA) is 37.3 Å². The maximum Gasteiger partial charge on any atom is 0.304 e. The van der Waals surface area contributed by atoms with Gasteiger partial charge in [0.25, 0.3) is 0 Å². The highest BCUT2D eigenvalue weighted by Gasteiger charge is 1.91. The lowest BCUT2D eigenvalue weighted by Gasteiger charge is -1.85. The number of halogens is 1. The minimum absolute atomic E-state index is 0. The molecule has 0 aliphatic heterocycles. The Kier molecular flexibility index (Phi) is 9.76. The average Bonchev–Trinajstić information content (AvgIpc) is 1.61. The quantitative estimate of drug-likeness (QED) is 0.668. The third-order valence-electron chi connectivity index (χ3n) is 0.520. The molecule has 1 N–H and O–H groups in total. The van der Waals surface area contributed by atoms with Crippen LogP contribution in [0.15, 0.2) is 0 Å². The lowest BCUT2D eigenvalue weighted by atomic mass is 10.5. The summed E-state index contributed by atoms with van der Waals surface area (Å²) in [6, 6.07) is 0. The van der Waals surface area contributed by atoms with E-state index < -0.39 is 5.97 Å². The number of carboxylic acids is 1. The molecule has 0 aromatic heterocycles. The first-order valence-electron chi connectivity index (χ1n) is 1.98. The van der Waals surface area contributed by atoms with E-state index in [0.717, 1.165) is 5.75 Å². The molecule has 0 saturated heterocycles. The number of thioether (sulfide) groups is 1. The smallest absolute Gasteiger partial charge is 0.304 e. The summed E-state index contributed by atoms with van der Waals surface area (Å²) in [4.78, 5) is 9.74. The highest BCUT2D eigenvalue weighted by molar-refractivity contribution is 7.98. The van der Waals surface area contributed by atoms with Crippen molar-refractivity contribution in [3.8, 4) is 0 Å². The zero-order chi connectivity index (χ0) is 5.70. The molecule has 0 spiro atoms. The molecule has 0 aromatic carbocycles. The molecule has 0 amide bonds. The summed E-state index contributed by atoms with van der Waals surface area (Å²) in [6.45, 7) is 0. The van der Waals surface area contributed by atoms with Gasteiger partial charge in [-0.15, -0.1) is 12.4 Å². The fourth-order valence-corrected chi connectivity index (χ4v) is 0.568. The molecule has 0 aromatic rings. The Morgan fingerprint density at radius 1 is 1.75 bits per heavy atom. The van der Waals surface area contributed by atoms with Crippen molar-refractivity contribution in [2.75, 3.05) is 12.0 Å². The van der Waals surface area contributed by atoms with E-state index in [0.29, 0.717) is 0 Å². The summed E-state index contributed by atoms with van der Waals surface area (Å²) in [5.74, 6) is 0.00403. The van der Waals surface area contributed by atoms with Crippen molar-refractivity contribution >= 4 is 30.1 Å². The minimum atomic E-state index is -0.714. The van der Waals surface area contributed by atoms with E-state index in [-0.39, 0.29) is 18.8 Å². The second-order valence-electron chi connectivity index (χ2n) is 1.14. The fourth-order valence-electron chi connectivity index (χ4n) is 0.189. The lowest BCUT2D eigenvalue weighted by Crippen LogP contribution is -1.94.